The van der Waals surface area contributed by atoms with Gasteiger partial charge in [0.05, 0.1) is 0 Å². The van der Waals surface area contributed by atoms with Crippen molar-refractivity contribution in [3.63, 3.8) is 0 Å². The van der Waals surface area contributed by atoms with Crippen molar-refractivity contribution >= 4 is 17.7 Å². The molecule has 0 unspecified atom stereocenters. The molecule has 4 N–H and O–H groups in total. The van der Waals surface area contributed by atoms with Crippen LogP contribution in [0.4, 0.5) is 10.5 Å². The third-order valence-electron chi connectivity index (χ3n) is 4.84. The number of hydrogen-bond acceptors (Lipinski definition) is 5. The predicted octanol–water partition coefficient (Wildman–Crippen LogP) is 4.93. The quantitative estimate of drug-likeness (QED) is 0.441. The van der Waals surface area contributed by atoms with Crippen LogP contribution >= 0.6 is 0 Å². The van der Waals surface area contributed by atoms with Gasteiger partial charge in [-0.2, -0.15) is 0 Å². The van der Waals surface area contributed by atoms with E-state index in [0.29, 0.717) is 30.2 Å². The number of carbonyl (C=O) groups excluding carboxylic acids is 2. The Morgan fingerprint density at radius 3 is 2.12 bits per heavy atom. The molecule has 34 heavy (non-hydrogen) atoms. The number of rotatable bonds is 8. The van der Waals surface area contributed by atoms with Gasteiger partial charge in [-0.3, -0.25) is 4.79 Å². The summed E-state index contributed by atoms with van der Waals surface area (Å²) in [5.74, 6) is 0.255. The van der Waals surface area contributed by atoms with Crippen LogP contribution in [0.5, 0.6) is 5.75 Å². The summed E-state index contributed by atoms with van der Waals surface area (Å²) in [6.07, 6.45) is -0.685. The zero-order chi connectivity index (χ0) is 24.6. The van der Waals surface area contributed by atoms with E-state index in [0.717, 1.165) is 11.1 Å². The lowest BCUT2D eigenvalue weighted by Gasteiger charge is -2.23. The maximum atomic E-state index is 13.1. The normalized spacial score (nSPS) is 11.9. The van der Waals surface area contributed by atoms with Crippen molar-refractivity contribution in [3.8, 4) is 5.75 Å². The highest BCUT2D eigenvalue weighted by molar-refractivity contribution is 5.97. The number of ether oxygens (including phenoxy) is 2. The molecule has 0 spiro atoms. The first-order valence-corrected chi connectivity index (χ1v) is 11.1. The van der Waals surface area contributed by atoms with Crippen molar-refractivity contribution in [1.82, 2.24) is 5.32 Å². The Bertz CT molecular complexity index is 1080. The summed E-state index contributed by atoms with van der Waals surface area (Å²) < 4.78 is 11.2. The van der Waals surface area contributed by atoms with E-state index in [9.17, 15) is 9.59 Å². The van der Waals surface area contributed by atoms with E-state index < -0.39 is 23.6 Å². The third-order valence-corrected chi connectivity index (χ3v) is 4.84. The van der Waals surface area contributed by atoms with Gasteiger partial charge in [0.1, 0.15) is 24.0 Å². The molecule has 7 heteroatoms. The van der Waals surface area contributed by atoms with Crippen LogP contribution in [0.1, 0.15) is 43.5 Å². The van der Waals surface area contributed by atoms with E-state index in [4.69, 9.17) is 15.2 Å². The Balaban J connectivity index is 1.74. The van der Waals surface area contributed by atoms with E-state index in [-0.39, 0.29) is 0 Å². The van der Waals surface area contributed by atoms with E-state index in [1.807, 2.05) is 42.5 Å². The highest BCUT2D eigenvalue weighted by atomic mass is 16.6. The molecule has 2 amide bonds. The van der Waals surface area contributed by atoms with E-state index >= 15 is 0 Å². The lowest BCUT2D eigenvalue weighted by atomic mass is 10.1. The van der Waals surface area contributed by atoms with Crippen molar-refractivity contribution < 1.29 is 19.1 Å². The van der Waals surface area contributed by atoms with E-state index in [1.165, 1.54) is 0 Å². The lowest BCUT2D eigenvalue weighted by molar-refractivity contribution is -0.118. The largest absolute Gasteiger partial charge is 0.489 e. The summed E-state index contributed by atoms with van der Waals surface area (Å²) in [7, 11) is 0. The molecule has 0 aliphatic heterocycles. The number of alkyl carbamates (subject to hydrolysis) is 1. The second-order valence-electron chi connectivity index (χ2n) is 8.81. The lowest BCUT2D eigenvalue weighted by Crippen LogP contribution is -2.40. The molecule has 178 valence electrons. The molecule has 1 atom stereocenters. The molecule has 0 saturated heterocycles. The number of nitrogens with one attached hydrogen (secondary N) is 2. The van der Waals surface area contributed by atoms with Gasteiger partial charge >= 0.3 is 6.09 Å². The number of amides is 2. The number of carbonyl (C=O) groups is 2. The third kappa shape index (κ3) is 7.64. The highest BCUT2D eigenvalue weighted by Crippen LogP contribution is 2.22. The van der Waals surface area contributed by atoms with Crippen LogP contribution in [0, 0.1) is 0 Å². The topological polar surface area (TPSA) is 103 Å². The Morgan fingerprint density at radius 1 is 0.882 bits per heavy atom. The smallest absolute Gasteiger partial charge is 0.408 e. The van der Waals surface area contributed by atoms with Gasteiger partial charge in [-0.05, 0) is 61.7 Å². The average molecular weight is 462 g/mol. The first-order valence-electron chi connectivity index (χ1n) is 11.1. The fourth-order valence-corrected chi connectivity index (χ4v) is 3.16. The second kappa shape index (κ2) is 11.3. The maximum absolute atomic E-state index is 13.1. The minimum absolute atomic E-state index is 0.399. The zero-order valence-corrected chi connectivity index (χ0v) is 19.7. The van der Waals surface area contributed by atoms with Gasteiger partial charge in [-0.15, -0.1) is 0 Å². The van der Waals surface area contributed by atoms with Crippen LogP contribution in [-0.4, -0.2) is 17.6 Å². The van der Waals surface area contributed by atoms with Gasteiger partial charge < -0.3 is 25.8 Å². The van der Waals surface area contributed by atoms with Crippen LogP contribution < -0.4 is 21.1 Å². The summed E-state index contributed by atoms with van der Waals surface area (Å²) in [5, 5.41) is 5.52. The summed E-state index contributed by atoms with van der Waals surface area (Å²) in [5.41, 5.74) is 8.14. The minimum Gasteiger partial charge on any atom is -0.489 e. The fraction of sp³-hybridized carbons (Fsp3) is 0.259. The number of benzene rings is 3. The van der Waals surface area contributed by atoms with Crippen molar-refractivity contribution in [2.45, 2.75) is 45.6 Å². The molecule has 0 saturated carbocycles. The molecular weight excluding hydrogens is 430 g/mol. The first kappa shape index (κ1) is 24.8. The second-order valence-corrected chi connectivity index (χ2v) is 8.81. The Kier molecular flexibility index (Phi) is 8.27. The molecule has 0 aliphatic carbocycles. The van der Waals surface area contributed by atoms with Gasteiger partial charge in [-0.1, -0.05) is 54.6 Å². The van der Waals surface area contributed by atoms with Crippen LogP contribution in [0.3, 0.4) is 0 Å². The molecule has 0 aliphatic rings. The van der Waals surface area contributed by atoms with Crippen molar-refractivity contribution in [2.75, 3.05) is 5.32 Å². The molecule has 3 aromatic carbocycles. The fourth-order valence-electron chi connectivity index (χ4n) is 3.16. The maximum Gasteiger partial charge on any atom is 0.408 e. The summed E-state index contributed by atoms with van der Waals surface area (Å²) in [6, 6.07) is 23.1. The molecular formula is C27H31N3O4. The van der Waals surface area contributed by atoms with Crippen LogP contribution in [0.15, 0.2) is 78.9 Å². The van der Waals surface area contributed by atoms with Gasteiger partial charge in [-0.25, -0.2) is 4.79 Å². The van der Waals surface area contributed by atoms with Crippen LogP contribution in [-0.2, 0) is 22.7 Å². The van der Waals surface area contributed by atoms with Gasteiger partial charge in [0.15, 0.2) is 0 Å². The summed E-state index contributed by atoms with van der Waals surface area (Å²) >= 11 is 0. The zero-order valence-electron chi connectivity index (χ0n) is 19.7. The molecule has 0 fully saturated rings. The average Bonchev–Trinajstić information content (AvgIpc) is 2.81. The molecule has 3 aromatic rings. The van der Waals surface area contributed by atoms with Crippen LogP contribution in [0.2, 0.25) is 0 Å². The Morgan fingerprint density at radius 2 is 1.53 bits per heavy atom. The molecule has 0 aromatic heterocycles. The minimum atomic E-state index is -0.966. The molecule has 0 bridgehead atoms. The van der Waals surface area contributed by atoms with Gasteiger partial charge in [0.25, 0.3) is 5.91 Å². The van der Waals surface area contributed by atoms with E-state index in [2.05, 4.69) is 10.6 Å². The highest BCUT2D eigenvalue weighted by Gasteiger charge is 2.26. The van der Waals surface area contributed by atoms with Gasteiger partial charge in [0, 0.05) is 12.2 Å². The standard InChI is InChI=1S/C27H31N3O4/c1-27(2,3)34-26(32)30-24(25(31)29-22-13-9-19(17-28)10-14-22)21-11-15-23(16-12-21)33-18-20-7-5-4-6-8-20/h4-16,24H,17-18,28H2,1-3H3,(H,29,31)(H,30,32)/t24-/m0/s1. The molecule has 7 nitrogen and oxygen atoms in total. The summed E-state index contributed by atoms with van der Waals surface area (Å²) in [6.45, 7) is 6.13. The SMILES string of the molecule is CC(C)(C)OC(=O)N[C@H](C(=O)Nc1ccc(CN)cc1)c1ccc(OCc2ccccc2)cc1. The Labute approximate surface area is 200 Å². The molecule has 3 rings (SSSR count). The number of hydrogen-bond donors (Lipinski definition) is 3. The Hall–Kier alpha value is -3.84. The van der Waals surface area contributed by atoms with Crippen molar-refractivity contribution in [1.29, 1.82) is 0 Å². The van der Waals surface area contributed by atoms with Crippen LogP contribution in [0.25, 0.3) is 0 Å². The number of anilines is 1. The van der Waals surface area contributed by atoms with Crippen molar-refractivity contribution in [2.24, 2.45) is 5.73 Å². The first-order chi connectivity index (χ1) is 16.2. The van der Waals surface area contributed by atoms with E-state index in [1.54, 1.807) is 57.2 Å². The monoisotopic (exact) mass is 461 g/mol. The molecule has 0 heterocycles. The predicted molar refractivity (Wildman–Crippen MR) is 132 cm³/mol. The summed E-state index contributed by atoms with van der Waals surface area (Å²) in [4.78, 5) is 25.6. The molecule has 0 radical (unpaired) electrons. The van der Waals surface area contributed by atoms with Crippen molar-refractivity contribution in [3.05, 3.63) is 95.6 Å². The number of nitrogens with two attached hydrogens (primary N) is 1. The van der Waals surface area contributed by atoms with Gasteiger partial charge in [0.2, 0.25) is 0 Å².